The first kappa shape index (κ1) is 13.7. The van der Waals surface area contributed by atoms with E-state index in [0.717, 1.165) is 28.1 Å². The van der Waals surface area contributed by atoms with Gasteiger partial charge in [-0.25, -0.2) is 9.82 Å². The average Bonchev–Trinajstić information content (AvgIpc) is 2.56. The third-order valence-electron chi connectivity index (χ3n) is 3.42. The van der Waals surface area contributed by atoms with Crippen LogP contribution in [0.3, 0.4) is 0 Å². The van der Waals surface area contributed by atoms with Gasteiger partial charge in [0.05, 0.1) is 11.7 Å². The number of nitrogens with two attached hydrogens (primary N) is 1. The molecule has 3 N–H and O–H groups in total. The molecule has 0 bridgehead atoms. The van der Waals surface area contributed by atoms with Crippen molar-refractivity contribution in [3.05, 3.63) is 52.1 Å². The molecule has 1 atom stereocenters. The first-order chi connectivity index (χ1) is 8.93. The fraction of sp³-hybridized carbons (Fsp3) is 0.357. The monoisotopic (exact) mass is 262 g/mol. The van der Waals surface area contributed by atoms with E-state index in [0.29, 0.717) is 0 Å². The molecule has 1 heterocycles. The van der Waals surface area contributed by atoms with Crippen molar-refractivity contribution in [1.82, 2.24) is 15.2 Å². The van der Waals surface area contributed by atoms with Crippen molar-refractivity contribution in [1.29, 1.82) is 0 Å². The van der Waals surface area contributed by atoms with Crippen LogP contribution in [-0.4, -0.2) is 9.78 Å². The minimum Gasteiger partial charge on any atom is -0.272 e. The summed E-state index contributed by atoms with van der Waals surface area (Å²) in [7, 11) is 1.89. The van der Waals surface area contributed by atoms with E-state index in [9.17, 15) is 4.39 Å². The predicted molar refractivity (Wildman–Crippen MR) is 73.0 cm³/mol. The van der Waals surface area contributed by atoms with Gasteiger partial charge in [0.15, 0.2) is 0 Å². The molecule has 0 amide bonds. The average molecular weight is 262 g/mol. The zero-order valence-corrected chi connectivity index (χ0v) is 11.7. The molecule has 1 aromatic carbocycles. The fourth-order valence-electron chi connectivity index (χ4n) is 2.49. The summed E-state index contributed by atoms with van der Waals surface area (Å²) in [5, 5.41) is 4.38. The van der Waals surface area contributed by atoms with E-state index in [1.54, 1.807) is 4.68 Å². The number of rotatable bonds is 3. The second-order valence-corrected chi connectivity index (χ2v) is 4.87. The highest BCUT2D eigenvalue weighted by Crippen LogP contribution is 2.27. The first-order valence-corrected chi connectivity index (χ1v) is 6.17. The minimum absolute atomic E-state index is 0.255. The van der Waals surface area contributed by atoms with Crippen molar-refractivity contribution >= 4 is 0 Å². The van der Waals surface area contributed by atoms with E-state index in [4.69, 9.17) is 5.84 Å². The van der Waals surface area contributed by atoms with Gasteiger partial charge in [-0.3, -0.25) is 10.5 Å². The molecule has 0 aliphatic heterocycles. The fourth-order valence-corrected chi connectivity index (χ4v) is 2.49. The van der Waals surface area contributed by atoms with Crippen LogP contribution in [0.15, 0.2) is 18.2 Å². The Balaban J connectivity index is 2.56. The number of benzene rings is 1. The van der Waals surface area contributed by atoms with E-state index in [2.05, 4.69) is 10.5 Å². The van der Waals surface area contributed by atoms with E-state index in [1.165, 1.54) is 12.1 Å². The molecule has 0 saturated heterocycles. The SMILES string of the molecule is Cc1cc(F)cc(C(NN)c2c(C)nn(C)c2C)c1. The standard InChI is InChI=1S/C14H19FN4/c1-8-5-11(7-12(15)6-8)14(17-16)13-9(2)18-19(4)10(13)3/h5-7,14,17H,16H2,1-4H3. The molecule has 5 heteroatoms. The van der Waals surface area contributed by atoms with Crippen LogP contribution < -0.4 is 11.3 Å². The molecule has 0 radical (unpaired) electrons. The van der Waals surface area contributed by atoms with E-state index in [-0.39, 0.29) is 11.9 Å². The Morgan fingerprint density at radius 1 is 1.26 bits per heavy atom. The summed E-state index contributed by atoms with van der Waals surface area (Å²) in [6.07, 6.45) is 0. The maximum absolute atomic E-state index is 13.6. The molecule has 1 unspecified atom stereocenters. The van der Waals surface area contributed by atoms with Gasteiger partial charge in [0.2, 0.25) is 0 Å². The van der Waals surface area contributed by atoms with Gasteiger partial charge in [-0.1, -0.05) is 6.07 Å². The molecule has 1 aromatic heterocycles. The lowest BCUT2D eigenvalue weighted by Gasteiger charge is -2.18. The first-order valence-electron chi connectivity index (χ1n) is 6.17. The van der Waals surface area contributed by atoms with Crippen LogP contribution in [0.2, 0.25) is 0 Å². The Labute approximate surface area is 112 Å². The van der Waals surface area contributed by atoms with Crippen LogP contribution in [0.4, 0.5) is 4.39 Å². The Kier molecular flexibility index (Phi) is 3.68. The van der Waals surface area contributed by atoms with Crippen molar-refractivity contribution in [3.63, 3.8) is 0 Å². The molecule has 0 saturated carbocycles. The van der Waals surface area contributed by atoms with Crippen molar-refractivity contribution in [2.24, 2.45) is 12.9 Å². The molecule has 102 valence electrons. The number of hydrogen-bond donors (Lipinski definition) is 2. The lowest BCUT2D eigenvalue weighted by molar-refractivity contribution is 0.600. The highest BCUT2D eigenvalue weighted by Gasteiger charge is 2.21. The zero-order chi connectivity index (χ0) is 14.2. The van der Waals surface area contributed by atoms with Crippen LogP contribution >= 0.6 is 0 Å². The summed E-state index contributed by atoms with van der Waals surface area (Å²) in [4.78, 5) is 0. The lowest BCUT2D eigenvalue weighted by atomic mass is 9.96. The molecular weight excluding hydrogens is 243 g/mol. The Hall–Kier alpha value is -1.72. The maximum Gasteiger partial charge on any atom is 0.123 e. The number of aromatic nitrogens is 2. The lowest BCUT2D eigenvalue weighted by Crippen LogP contribution is -2.29. The van der Waals surface area contributed by atoms with Crippen molar-refractivity contribution < 1.29 is 4.39 Å². The van der Waals surface area contributed by atoms with Gasteiger partial charge < -0.3 is 0 Å². The molecule has 2 rings (SSSR count). The summed E-state index contributed by atoms with van der Waals surface area (Å²) < 4.78 is 15.4. The quantitative estimate of drug-likeness (QED) is 0.657. The molecule has 0 aliphatic carbocycles. The van der Waals surface area contributed by atoms with E-state index in [1.807, 2.05) is 33.9 Å². The second-order valence-electron chi connectivity index (χ2n) is 4.87. The van der Waals surface area contributed by atoms with Gasteiger partial charge in [-0.2, -0.15) is 5.10 Å². The van der Waals surface area contributed by atoms with Gasteiger partial charge in [0.25, 0.3) is 0 Å². The van der Waals surface area contributed by atoms with Crippen molar-refractivity contribution in [2.75, 3.05) is 0 Å². The smallest absolute Gasteiger partial charge is 0.123 e. The largest absolute Gasteiger partial charge is 0.272 e. The van der Waals surface area contributed by atoms with Crippen LogP contribution in [0, 0.1) is 26.6 Å². The predicted octanol–water partition coefficient (Wildman–Crippen LogP) is 2.04. The highest BCUT2D eigenvalue weighted by atomic mass is 19.1. The number of nitrogens with one attached hydrogen (secondary N) is 1. The highest BCUT2D eigenvalue weighted by molar-refractivity contribution is 5.38. The Morgan fingerprint density at radius 3 is 2.42 bits per heavy atom. The zero-order valence-electron chi connectivity index (χ0n) is 11.7. The number of hydrazine groups is 1. The summed E-state index contributed by atoms with van der Waals surface area (Å²) in [6.45, 7) is 5.77. The minimum atomic E-state index is -0.261. The summed E-state index contributed by atoms with van der Waals surface area (Å²) in [5.41, 5.74) is 7.34. The van der Waals surface area contributed by atoms with E-state index < -0.39 is 0 Å². The molecular formula is C14H19FN4. The number of aryl methyl sites for hydroxylation is 3. The molecule has 0 fully saturated rings. The van der Waals surface area contributed by atoms with Gasteiger partial charge in [0.1, 0.15) is 5.82 Å². The number of halogens is 1. The maximum atomic E-state index is 13.6. The molecule has 0 aliphatic rings. The normalized spacial score (nSPS) is 12.7. The van der Waals surface area contributed by atoms with Crippen LogP contribution in [-0.2, 0) is 7.05 Å². The third kappa shape index (κ3) is 2.52. The van der Waals surface area contributed by atoms with Gasteiger partial charge in [-0.15, -0.1) is 0 Å². The van der Waals surface area contributed by atoms with Crippen LogP contribution in [0.25, 0.3) is 0 Å². The third-order valence-corrected chi connectivity index (χ3v) is 3.42. The summed E-state index contributed by atoms with van der Waals surface area (Å²) >= 11 is 0. The van der Waals surface area contributed by atoms with Crippen molar-refractivity contribution in [3.8, 4) is 0 Å². The Bertz CT molecular complexity index is 583. The van der Waals surface area contributed by atoms with Gasteiger partial charge in [0, 0.05) is 18.3 Å². The molecule has 4 nitrogen and oxygen atoms in total. The van der Waals surface area contributed by atoms with Gasteiger partial charge in [-0.05, 0) is 44.0 Å². The van der Waals surface area contributed by atoms with E-state index >= 15 is 0 Å². The molecule has 0 spiro atoms. The van der Waals surface area contributed by atoms with Crippen molar-refractivity contribution in [2.45, 2.75) is 26.8 Å². The Morgan fingerprint density at radius 2 is 1.95 bits per heavy atom. The summed E-state index contributed by atoms with van der Waals surface area (Å²) in [6, 6.07) is 4.67. The topological polar surface area (TPSA) is 55.9 Å². The summed E-state index contributed by atoms with van der Waals surface area (Å²) in [5.74, 6) is 5.42. The van der Waals surface area contributed by atoms with Gasteiger partial charge >= 0.3 is 0 Å². The number of nitrogens with zero attached hydrogens (tertiary/aromatic N) is 2. The van der Waals surface area contributed by atoms with Crippen LogP contribution in [0.1, 0.15) is 34.1 Å². The second kappa shape index (κ2) is 5.11. The molecule has 19 heavy (non-hydrogen) atoms. The molecule has 2 aromatic rings. The van der Waals surface area contributed by atoms with Crippen LogP contribution in [0.5, 0.6) is 0 Å². The number of hydrogen-bond acceptors (Lipinski definition) is 3.